The van der Waals surface area contributed by atoms with Gasteiger partial charge in [-0.3, -0.25) is 0 Å². The third-order valence-electron chi connectivity index (χ3n) is 5.79. The van der Waals surface area contributed by atoms with Gasteiger partial charge in [-0.1, -0.05) is 49.1 Å². The number of nitrogens with zero attached hydrogens (tertiary/aromatic N) is 3. The SMILES string of the molecule is Cc1cccc(Cc2nc(CNC3CCCCC3)nn2-c2ccc(S(N)(=O)=O)cc2F)c1. The van der Waals surface area contributed by atoms with Gasteiger partial charge in [0.1, 0.15) is 17.3 Å². The largest absolute Gasteiger partial charge is 0.307 e. The zero-order valence-electron chi connectivity index (χ0n) is 18.1. The van der Waals surface area contributed by atoms with Gasteiger partial charge in [-0.2, -0.15) is 0 Å². The molecule has 170 valence electrons. The zero-order chi connectivity index (χ0) is 22.7. The van der Waals surface area contributed by atoms with Crippen LogP contribution in [-0.2, 0) is 23.0 Å². The van der Waals surface area contributed by atoms with Crippen LogP contribution in [0.15, 0.2) is 47.4 Å². The lowest BCUT2D eigenvalue weighted by Gasteiger charge is -2.22. The predicted octanol–water partition coefficient (Wildman–Crippen LogP) is 3.38. The summed E-state index contributed by atoms with van der Waals surface area (Å²) in [4.78, 5) is 4.41. The molecule has 7 nitrogen and oxygen atoms in total. The van der Waals surface area contributed by atoms with Gasteiger partial charge < -0.3 is 5.32 Å². The van der Waals surface area contributed by atoms with Crippen LogP contribution in [0.1, 0.15) is 54.9 Å². The van der Waals surface area contributed by atoms with Gasteiger partial charge >= 0.3 is 0 Å². The first kappa shape index (κ1) is 22.6. The molecule has 1 aliphatic rings. The van der Waals surface area contributed by atoms with Crippen LogP contribution in [0.4, 0.5) is 4.39 Å². The second-order valence-electron chi connectivity index (χ2n) is 8.40. The Kier molecular flexibility index (Phi) is 6.68. The number of halogens is 1. The first-order valence-electron chi connectivity index (χ1n) is 10.9. The summed E-state index contributed by atoms with van der Waals surface area (Å²) in [6.07, 6.45) is 6.47. The number of hydrogen-bond acceptors (Lipinski definition) is 5. The molecule has 1 aromatic heterocycles. The number of aryl methyl sites for hydroxylation is 1. The van der Waals surface area contributed by atoms with Crippen LogP contribution in [0, 0.1) is 12.7 Å². The number of nitrogens with one attached hydrogen (secondary N) is 1. The van der Waals surface area contributed by atoms with E-state index in [2.05, 4.69) is 21.5 Å². The second-order valence-corrected chi connectivity index (χ2v) is 9.96. The number of nitrogens with two attached hydrogens (primary N) is 1. The van der Waals surface area contributed by atoms with Crippen LogP contribution in [0.25, 0.3) is 5.69 Å². The molecule has 0 unspecified atom stereocenters. The lowest BCUT2D eigenvalue weighted by atomic mass is 9.95. The fourth-order valence-electron chi connectivity index (χ4n) is 4.16. The minimum atomic E-state index is -4.00. The van der Waals surface area contributed by atoms with Crippen molar-refractivity contribution in [3.8, 4) is 5.69 Å². The average Bonchev–Trinajstić information content (AvgIpc) is 3.14. The molecule has 0 amide bonds. The van der Waals surface area contributed by atoms with Gasteiger partial charge in [0.2, 0.25) is 10.0 Å². The van der Waals surface area contributed by atoms with Crippen molar-refractivity contribution in [2.45, 2.75) is 62.9 Å². The summed E-state index contributed by atoms with van der Waals surface area (Å²) in [7, 11) is -4.00. The molecular formula is C23H28FN5O2S. The lowest BCUT2D eigenvalue weighted by Crippen LogP contribution is -2.30. The normalized spacial score (nSPS) is 15.2. The summed E-state index contributed by atoms with van der Waals surface area (Å²) >= 11 is 0. The maximum atomic E-state index is 14.9. The van der Waals surface area contributed by atoms with Gasteiger partial charge in [0.15, 0.2) is 5.82 Å². The Morgan fingerprint density at radius 2 is 1.94 bits per heavy atom. The molecule has 4 rings (SSSR count). The van der Waals surface area contributed by atoms with E-state index in [4.69, 9.17) is 5.14 Å². The average molecular weight is 458 g/mol. The minimum Gasteiger partial charge on any atom is -0.307 e. The Labute approximate surface area is 187 Å². The Bertz CT molecular complexity index is 1200. The summed E-state index contributed by atoms with van der Waals surface area (Å²) in [5.41, 5.74) is 2.29. The van der Waals surface area contributed by atoms with E-state index in [0.717, 1.165) is 30.0 Å². The van der Waals surface area contributed by atoms with Crippen LogP contribution >= 0.6 is 0 Å². The summed E-state index contributed by atoms with van der Waals surface area (Å²) in [5.74, 6) is 0.435. The van der Waals surface area contributed by atoms with Crippen molar-refractivity contribution in [1.82, 2.24) is 20.1 Å². The van der Waals surface area contributed by atoms with E-state index < -0.39 is 15.8 Å². The van der Waals surface area contributed by atoms with E-state index in [9.17, 15) is 12.8 Å². The molecule has 1 saturated carbocycles. The van der Waals surface area contributed by atoms with Crippen molar-refractivity contribution in [3.63, 3.8) is 0 Å². The highest BCUT2D eigenvalue weighted by molar-refractivity contribution is 7.89. The Morgan fingerprint density at radius 3 is 2.62 bits per heavy atom. The van der Waals surface area contributed by atoms with Crippen molar-refractivity contribution in [1.29, 1.82) is 0 Å². The maximum Gasteiger partial charge on any atom is 0.238 e. The first-order valence-corrected chi connectivity index (χ1v) is 12.4. The zero-order valence-corrected chi connectivity index (χ0v) is 18.9. The third kappa shape index (κ3) is 5.40. The summed E-state index contributed by atoms with van der Waals surface area (Å²) in [6, 6.07) is 12.1. The molecule has 0 radical (unpaired) electrons. The van der Waals surface area contributed by atoms with Crippen LogP contribution in [0.2, 0.25) is 0 Å². The molecule has 0 aliphatic heterocycles. The van der Waals surface area contributed by atoms with E-state index in [1.807, 2.05) is 25.1 Å². The number of aromatic nitrogens is 3. The fourth-order valence-corrected chi connectivity index (χ4v) is 4.68. The third-order valence-corrected chi connectivity index (χ3v) is 6.70. The second kappa shape index (κ2) is 9.48. The quantitative estimate of drug-likeness (QED) is 0.566. The molecule has 0 saturated heterocycles. The minimum absolute atomic E-state index is 0.136. The molecule has 0 bridgehead atoms. The van der Waals surface area contributed by atoms with E-state index in [1.54, 1.807) is 0 Å². The van der Waals surface area contributed by atoms with Gasteiger partial charge in [0.05, 0.1) is 11.4 Å². The van der Waals surface area contributed by atoms with Gasteiger partial charge in [0.25, 0.3) is 0 Å². The standard InChI is InChI=1S/C23H28FN5O2S/c1-16-6-5-7-17(12-16)13-23-27-22(15-26-18-8-3-2-4-9-18)28-29(23)21-11-10-19(14-20(21)24)32(25,30)31/h5-7,10-12,14,18,26H,2-4,8-9,13,15H2,1H3,(H2,25,30,31). The molecule has 3 aromatic rings. The highest BCUT2D eigenvalue weighted by atomic mass is 32.2. The molecular weight excluding hydrogens is 429 g/mol. The highest BCUT2D eigenvalue weighted by Gasteiger charge is 2.19. The summed E-state index contributed by atoms with van der Waals surface area (Å²) in [5, 5.41) is 13.2. The van der Waals surface area contributed by atoms with E-state index in [1.165, 1.54) is 36.1 Å². The maximum absolute atomic E-state index is 14.9. The van der Waals surface area contributed by atoms with Crippen molar-refractivity contribution < 1.29 is 12.8 Å². The number of sulfonamides is 1. The molecule has 3 N–H and O–H groups in total. The van der Waals surface area contributed by atoms with Gasteiger partial charge in [-0.15, -0.1) is 5.10 Å². The number of primary sulfonamides is 1. The Balaban J connectivity index is 1.66. The summed E-state index contributed by atoms with van der Waals surface area (Å²) < 4.78 is 39.5. The molecule has 0 atom stereocenters. The molecule has 0 spiro atoms. The van der Waals surface area contributed by atoms with Gasteiger partial charge in [-0.05, 0) is 43.5 Å². The van der Waals surface area contributed by atoms with Crippen molar-refractivity contribution in [2.75, 3.05) is 0 Å². The van der Waals surface area contributed by atoms with Crippen LogP contribution in [0.5, 0.6) is 0 Å². The van der Waals surface area contributed by atoms with Crippen LogP contribution in [0.3, 0.4) is 0 Å². The lowest BCUT2D eigenvalue weighted by molar-refractivity contribution is 0.369. The van der Waals surface area contributed by atoms with Crippen molar-refractivity contribution in [2.24, 2.45) is 5.14 Å². The Morgan fingerprint density at radius 1 is 1.16 bits per heavy atom. The van der Waals surface area contributed by atoms with Crippen LogP contribution < -0.4 is 10.5 Å². The van der Waals surface area contributed by atoms with E-state index in [-0.39, 0.29) is 10.6 Å². The number of rotatable bonds is 7. The first-order chi connectivity index (χ1) is 15.3. The highest BCUT2D eigenvalue weighted by Crippen LogP contribution is 2.21. The van der Waals surface area contributed by atoms with Crippen LogP contribution in [-0.4, -0.2) is 29.2 Å². The molecule has 1 heterocycles. The van der Waals surface area contributed by atoms with E-state index in [0.29, 0.717) is 30.7 Å². The van der Waals surface area contributed by atoms with E-state index >= 15 is 0 Å². The molecule has 9 heteroatoms. The van der Waals surface area contributed by atoms with Gasteiger partial charge in [-0.25, -0.2) is 27.6 Å². The number of benzene rings is 2. The van der Waals surface area contributed by atoms with Crippen molar-refractivity contribution in [3.05, 3.63) is 71.1 Å². The number of hydrogen-bond donors (Lipinski definition) is 2. The van der Waals surface area contributed by atoms with Gasteiger partial charge in [0, 0.05) is 12.5 Å². The molecule has 1 fully saturated rings. The molecule has 32 heavy (non-hydrogen) atoms. The predicted molar refractivity (Wildman–Crippen MR) is 120 cm³/mol. The monoisotopic (exact) mass is 457 g/mol. The smallest absolute Gasteiger partial charge is 0.238 e. The topological polar surface area (TPSA) is 103 Å². The molecule has 2 aromatic carbocycles. The van der Waals surface area contributed by atoms with Crippen molar-refractivity contribution >= 4 is 10.0 Å². The summed E-state index contributed by atoms with van der Waals surface area (Å²) in [6.45, 7) is 2.51. The molecule has 1 aliphatic carbocycles. The fraction of sp³-hybridized carbons (Fsp3) is 0.391. The Hall–Kier alpha value is -2.62.